The van der Waals surface area contributed by atoms with Crippen molar-refractivity contribution in [2.75, 3.05) is 13.6 Å². The Hall–Kier alpha value is -1.06. The molecule has 0 saturated heterocycles. The standard InChI is InChI=1S/C17H34N2O2/c1-12(2)9-14(5)7-8-16(20)10-15(13(3)4)11-19-17(21)18-6/h12-15H,7-11H2,1-6H3,(H2,18,19,21)/t14-,15-/m1/s1. The van der Waals surface area contributed by atoms with Crippen LogP contribution >= 0.6 is 0 Å². The van der Waals surface area contributed by atoms with E-state index >= 15 is 0 Å². The number of urea groups is 1. The minimum absolute atomic E-state index is 0.182. The molecule has 4 nitrogen and oxygen atoms in total. The Labute approximate surface area is 130 Å². The molecule has 0 spiro atoms. The second-order valence-electron chi connectivity index (χ2n) is 6.98. The highest BCUT2D eigenvalue weighted by molar-refractivity contribution is 5.79. The summed E-state index contributed by atoms with van der Waals surface area (Å²) >= 11 is 0. The Balaban J connectivity index is 4.14. The number of Topliss-reactive ketones (excluding diaryl/α,β-unsaturated/α-hetero) is 1. The van der Waals surface area contributed by atoms with E-state index in [0.29, 0.717) is 42.9 Å². The summed E-state index contributed by atoms with van der Waals surface area (Å²) in [4.78, 5) is 23.4. The Morgan fingerprint density at radius 2 is 1.67 bits per heavy atom. The summed E-state index contributed by atoms with van der Waals surface area (Å²) < 4.78 is 0. The Morgan fingerprint density at radius 1 is 1.05 bits per heavy atom. The van der Waals surface area contributed by atoms with Gasteiger partial charge in [0.05, 0.1) is 0 Å². The van der Waals surface area contributed by atoms with Gasteiger partial charge in [0.1, 0.15) is 5.78 Å². The summed E-state index contributed by atoms with van der Waals surface area (Å²) in [5, 5.41) is 5.34. The van der Waals surface area contributed by atoms with Crippen molar-refractivity contribution in [3.05, 3.63) is 0 Å². The van der Waals surface area contributed by atoms with E-state index in [1.165, 1.54) is 6.42 Å². The largest absolute Gasteiger partial charge is 0.341 e. The highest BCUT2D eigenvalue weighted by atomic mass is 16.2. The number of carbonyl (C=O) groups is 2. The Bertz CT molecular complexity index is 314. The van der Waals surface area contributed by atoms with Crippen molar-refractivity contribution >= 4 is 11.8 Å². The van der Waals surface area contributed by atoms with E-state index < -0.39 is 0 Å². The molecule has 0 saturated carbocycles. The van der Waals surface area contributed by atoms with Gasteiger partial charge in [-0.05, 0) is 36.5 Å². The van der Waals surface area contributed by atoms with Gasteiger partial charge in [-0.1, -0.05) is 34.6 Å². The van der Waals surface area contributed by atoms with Gasteiger partial charge >= 0.3 is 6.03 Å². The molecule has 2 atom stereocenters. The first kappa shape index (κ1) is 19.9. The summed E-state index contributed by atoms with van der Waals surface area (Å²) in [6, 6.07) is -0.182. The quantitative estimate of drug-likeness (QED) is 0.647. The van der Waals surface area contributed by atoms with Gasteiger partial charge in [-0.2, -0.15) is 0 Å². The smallest absolute Gasteiger partial charge is 0.314 e. The van der Waals surface area contributed by atoms with E-state index in [-0.39, 0.29) is 11.9 Å². The van der Waals surface area contributed by atoms with E-state index in [4.69, 9.17) is 0 Å². The summed E-state index contributed by atoms with van der Waals surface area (Å²) in [6.45, 7) is 11.4. The van der Waals surface area contributed by atoms with Gasteiger partial charge in [0.15, 0.2) is 0 Å². The third-order valence-electron chi connectivity index (χ3n) is 3.97. The topological polar surface area (TPSA) is 58.2 Å². The van der Waals surface area contributed by atoms with Crippen LogP contribution in [0.15, 0.2) is 0 Å². The molecule has 0 radical (unpaired) electrons. The highest BCUT2D eigenvalue weighted by Gasteiger charge is 2.19. The summed E-state index contributed by atoms with van der Waals surface area (Å²) in [5.41, 5.74) is 0. The van der Waals surface area contributed by atoms with E-state index in [9.17, 15) is 9.59 Å². The van der Waals surface area contributed by atoms with Crippen molar-refractivity contribution in [1.82, 2.24) is 10.6 Å². The molecule has 0 aliphatic carbocycles. The van der Waals surface area contributed by atoms with Crippen molar-refractivity contribution in [3.63, 3.8) is 0 Å². The van der Waals surface area contributed by atoms with Gasteiger partial charge < -0.3 is 10.6 Å². The predicted octanol–water partition coefficient (Wildman–Crippen LogP) is 3.61. The molecule has 0 fully saturated rings. The van der Waals surface area contributed by atoms with Crippen molar-refractivity contribution in [3.8, 4) is 0 Å². The molecular weight excluding hydrogens is 264 g/mol. The summed E-state index contributed by atoms with van der Waals surface area (Å²) in [7, 11) is 1.60. The zero-order valence-corrected chi connectivity index (χ0v) is 14.7. The Morgan fingerprint density at radius 3 is 2.14 bits per heavy atom. The third kappa shape index (κ3) is 10.3. The maximum atomic E-state index is 12.1. The number of hydrogen-bond donors (Lipinski definition) is 2. The first-order valence-corrected chi connectivity index (χ1v) is 8.23. The van der Waals surface area contributed by atoms with Gasteiger partial charge in [0.25, 0.3) is 0 Å². The van der Waals surface area contributed by atoms with Crippen LogP contribution in [-0.2, 0) is 4.79 Å². The molecule has 4 heteroatoms. The van der Waals surface area contributed by atoms with Crippen LogP contribution in [0.5, 0.6) is 0 Å². The molecule has 0 aromatic rings. The van der Waals surface area contributed by atoms with Crippen LogP contribution in [-0.4, -0.2) is 25.4 Å². The first-order chi connectivity index (χ1) is 9.76. The molecular formula is C17H34N2O2. The predicted molar refractivity (Wildman–Crippen MR) is 88.3 cm³/mol. The first-order valence-electron chi connectivity index (χ1n) is 8.23. The molecule has 0 heterocycles. The fourth-order valence-electron chi connectivity index (χ4n) is 2.58. The zero-order valence-electron chi connectivity index (χ0n) is 14.7. The lowest BCUT2D eigenvalue weighted by Gasteiger charge is -2.21. The molecule has 21 heavy (non-hydrogen) atoms. The number of rotatable bonds is 10. The number of amides is 2. The highest BCUT2D eigenvalue weighted by Crippen LogP contribution is 2.20. The summed E-state index contributed by atoms with van der Waals surface area (Å²) in [6.07, 6.45) is 3.39. The minimum atomic E-state index is -0.182. The minimum Gasteiger partial charge on any atom is -0.341 e. The second-order valence-corrected chi connectivity index (χ2v) is 6.98. The molecule has 0 bridgehead atoms. The van der Waals surface area contributed by atoms with Gasteiger partial charge in [0, 0.05) is 26.4 Å². The van der Waals surface area contributed by atoms with Crippen molar-refractivity contribution in [1.29, 1.82) is 0 Å². The number of carbonyl (C=O) groups excluding carboxylic acids is 2. The monoisotopic (exact) mass is 298 g/mol. The molecule has 0 aromatic carbocycles. The molecule has 0 rings (SSSR count). The van der Waals surface area contributed by atoms with Crippen LogP contribution in [0.4, 0.5) is 4.79 Å². The van der Waals surface area contributed by atoms with E-state index in [2.05, 4.69) is 45.3 Å². The van der Waals surface area contributed by atoms with Crippen LogP contribution in [0, 0.1) is 23.7 Å². The van der Waals surface area contributed by atoms with Gasteiger partial charge in [-0.25, -0.2) is 4.79 Å². The molecule has 2 amide bonds. The average Bonchev–Trinajstić information content (AvgIpc) is 2.39. The average molecular weight is 298 g/mol. The number of hydrogen-bond acceptors (Lipinski definition) is 2. The van der Waals surface area contributed by atoms with E-state index in [1.54, 1.807) is 7.05 Å². The van der Waals surface area contributed by atoms with Crippen LogP contribution in [0.3, 0.4) is 0 Å². The molecule has 2 N–H and O–H groups in total. The van der Waals surface area contributed by atoms with Crippen molar-refractivity contribution in [2.45, 2.75) is 60.3 Å². The molecule has 0 aromatic heterocycles. The zero-order chi connectivity index (χ0) is 16.4. The lowest BCUT2D eigenvalue weighted by atomic mass is 9.87. The maximum absolute atomic E-state index is 12.1. The number of ketones is 1. The third-order valence-corrected chi connectivity index (χ3v) is 3.97. The Kier molecular flexibility index (Phi) is 10.1. The van der Waals surface area contributed by atoms with Gasteiger partial charge in [0.2, 0.25) is 0 Å². The fraction of sp³-hybridized carbons (Fsp3) is 0.882. The van der Waals surface area contributed by atoms with Crippen LogP contribution in [0.1, 0.15) is 60.3 Å². The van der Waals surface area contributed by atoms with Crippen LogP contribution in [0.25, 0.3) is 0 Å². The molecule has 0 aliphatic rings. The normalized spacial score (nSPS) is 14.1. The number of nitrogens with one attached hydrogen (secondary N) is 2. The summed E-state index contributed by atoms with van der Waals surface area (Å²) in [5.74, 6) is 2.23. The molecule has 0 unspecified atom stereocenters. The van der Waals surface area contributed by atoms with Crippen LogP contribution < -0.4 is 10.6 Å². The maximum Gasteiger partial charge on any atom is 0.314 e. The molecule has 0 aliphatic heterocycles. The lowest BCUT2D eigenvalue weighted by molar-refractivity contribution is -0.120. The van der Waals surface area contributed by atoms with Crippen molar-refractivity contribution < 1.29 is 9.59 Å². The fourth-order valence-corrected chi connectivity index (χ4v) is 2.58. The van der Waals surface area contributed by atoms with Gasteiger partial charge in [-0.3, -0.25) is 4.79 Å². The van der Waals surface area contributed by atoms with Crippen molar-refractivity contribution in [2.24, 2.45) is 23.7 Å². The lowest BCUT2D eigenvalue weighted by Crippen LogP contribution is -2.38. The van der Waals surface area contributed by atoms with Crippen LogP contribution in [0.2, 0.25) is 0 Å². The van der Waals surface area contributed by atoms with E-state index in [1.807, 2.05) is 0 Å². The van der Waals surface area contributed by atoms with E-state index in [0.717, 1.165) is 6.42 Å². The van der Waals surface area contributed by atoms with Gasteiger partial charge in [-0.15, -0.1) is 0 Å². The molecule has 124 valence electrons. The second kappa shape index (κ2) is 10.6. The SMILES string of the molecule is CNC(=O)NC[C@@H](CC(=O)CC[C@@H](C)CC(C)C)C(C)C.